The Kier molecular flexibility index (Phi) is 5.53. The fourth-order valence-electron chi connectivity index (χ4n) is 1.33. The molecule has 0 aliphatic heterocycles. The minimum Gasteiger partial charge on any atom is -0.311 e. The molecule has 0 saturated heterocycles. The van der Waals surface area contributed by atoms with Gasteiger partial charge in [-0.25, -0.2) is 0 Å². The molecule has 16 heavy (non-hydrogen) atoms. The number of hydrogen-bond acceptors (Lipinski definition) is 2. The summed E-state index contributed by atoms with van der Waals surface area (Å²) in [5.41, 5.74) is 1.42. The molecule has 0 unspecified atom stereocenters. The second-order valence-corrected chi connectivity index (χ2v) is 6.30. The van der Waals surface area contributed by atoms with Crippen LogP contribution < -0.4 is 5.32 Å². The lowest BCUT2D eigenvalue weighted by Gasteiger charge is -2.14. The summed E-state index contributed by atoms with van der Waals surface area (Å²) in [5, 5.41) is 3.46. The summed E-state index contributed by atoms with van der Waals surface area (Å²) in [7, 11) is 0. The number of nitrogens with one attached hydrogen (secondary N) is 1. The zero-order chi connectivity index (χ0) is 12.1. The maximum absolute atomic E-state index is 5.92. The van der Waals surface area contributed by atoms with Gasteiger partial charge in [0.15, 0.2) is 0 Å². The molecule has 0 bridgehead atoms. The molecular weight excluding hydrogens is 238 g/mol. The first kappa shape index (κ1) is 13.8. The van der Waals surface area contributed by atoms with Crippen LogP contribution in [0.5, 0.6) is 0 Å². The molecule has 1 heterocycles. The summed E-state index contributed by atoms with van der Waals surface area (Å²) in [4.78, 5) is 1.24. The van der Waals surface area contributed by atoms with Gasteiger partial charge in [0.05, 0.1) is 4.34 Å². The molecule has 0 spiro atoms. The minimum absolute atomic E-state index is 0.522. The SMILES string of the molecule is CC(C)NCC(=Cc1ccc(Cl)s1)C(C)C. The molecule has 1 nitrogen and oxygen atoms in total. The van der Waals surface area contributed by atoms with Crippen LogP contribution in [0.1, 0.15) is 32.6 Å². The molecule has 3 heteroatoms. The average Bonchev–Trinajstić information content (AvgIpc) is 2.57. The van der Waals surface area contributed by atoms with Crippen molar-refractivity contribution in [1.82, 2.24) is 5.32 Å². The Morgan fingerprint density at radius 2 is 2.06 bits per heavy atom. The zero-order valence-electron chi connectivity index (χ0n) is 10.4. The Bertz CT molecular complexity index is 353. The lowest BCUT2D eigenvalue weighted by atomic mass is 10.0. The number of rotatable bonds is 5. The molecule has 0 fully saturated rings. The van der Waals surface area contributed by atoms with Crippen molar-refractivity contribution in [2.24, 2.45) is 5.92 Å². The maximum atomic E-state index is 5.92. The highest BCUT2D eigenvalue weighted by Gasteiger charge is 2.05. The van der Waals surface area contributed by atoms with Gasteiger partial charge in [-0.05, 0) is 24.1 Å². The van der Waals surface area contributed by atoms with E-state index in [0.717, 1.165) is 10.9 Å². The zero-order valence-corrected chi connectivity index (χ0v) is 12.0. The van der Waals surface area contributed by atoms with E-state index >= 15 is 0 Å². The molecule has 90 valence electrons. The molecule has 0 aromatic carbocycles. The fraction of sp³-hybridized carbons (Fsp3) is 0.538. The average molecular weight is 258 g/mol. The normalized spacial score (nSPS) is 12.8. The fourth-order valence-corrected chi connectivity index (χ4v) is 2.37. The van der Waals surface area contributed by atoms with Crippen LogP contribution in [0.25, 0.3) is 6.08 Å². The van der Waals surface area contributed by atoms with Gasteiger partial charge in [-0.3, -0.25) is 0 Å². The van der Waals surface area contributed by atoms with Crippen molar-refractivity contribution in [2.75, 3.05) is 6.54 Å². The van der Waals surface area contributed by atoms with Crippen LogP contribution in [0.4, 0.5) is 0 Å². The topological polar surface area (TPSA) is 12.0 Å². The van der Waals surface area contributed by atoms with Crippen LogP contribution in [0.15, 0.2) is 17.7 Å². The standard InChI is InChI=1S/C13H20ClNS/c1-9(2)11(8-15-10(3)4)7-12-5-6-13(14)16-12/h5-7,9-10,15H,8H2,1-4H3. The number of thiophene rings is 1. The molecular formula is C13H20ClNS. The van der Waals surface area contributed by atoms with Gasteiger partial charge in [-0.1, -0.05) is 44.9 Å². The Labute approximate surface area is 108 Å². The first-order valence-corrected chi connectivity index (χ1v) is 6.87. The molecule has 0 radical (unpaired) electrons. The molecule has 1 aromatic heterocycles. The smallest absolute Gasteiger partial charge is 0.0934 e. The van der Waals surface area contributed by atoms with E-state index in [4.69, 9.17) is 11.6 Å². The monoisotopic (exact) mass is 257 g/mol. The van der Waals surface area contributed by atoms with Crippen molar-refractivity contribution in [3.63, 3.8) is 0 Å². The lowest BCUT2D eigenvalue weighted by Crippen LogP contribution is -2.26. The number of halogens is 1. The summed E-state index contributed by atoms with van der Waals surface area (Å²) in [5.74, 6) is 0.562. The molecule has 1 aromatic rings. The largest absolute Gasteiger partial charge is 0.311 e. The molecule has 0 atom stereocenters. The molecule has 0 aliphatic carbocycles. The van der Waals surface area contributed by atoms with Crippen LogP contribution in [0.3, 0.4) is 0 Å². The van der Waals surface area contributed by atoms with E-state index in [0.29, 0.717) is 12.0 Å². The van der Waals surface area contributed by atoms with Gasteiger partial charge in [0.1, 0.15) is 0 Å². The first-order chi connectivity index (χ1) is 7.49. The van der Waals surface area contributed by atoms with Crippen LogP contribution in [0, 0.1) is 5.92 Å². The highest BCUT2D eigenvalue weighted by molar-refractivity contribution is 7.17. The van der Waals surface area contributed by atoms with Crippen molar-refractivity contribution < 1.29 is 0 Å². The van der Waals surface area contributed by atoms with E-state index in [9.17, 15) is 0 Å². The minimum atomic E-state index is 0.522. The lowest BCUT2D eigenvalue weighted by molar-refractivity contribution is 0.593. The Hall–Kier alpha value is -0.310. The van der Waals surface area contributed by atoms with E-state index in [1.807, 2.05) is 6.07 Å². The third kappa shape index (κ3) is 4.69. The van der Waals surface area contributed by atoms with Crippen LogP contribution in [-0.4, -0.2) is 12.6 Å². The van der Waals surface area contributed by atoms with Gasteiger partial charge >= 0.3 is 0 Å². The third-order valence-corrected chi connectivity index (χ3v) is 3.56. The summed E-state index contributed by atoms with van der Waals surface area (Å²) in [6.45, 7) is 9.73. The third-order valence-electron chi connectivity index (χ3n) is 2.38. The molecule has 1 N–H and O–H groups in total. The van der Waals surface area contributed by atoms with Crippen LogP contribution >= 0.6 is 22.9 Å². The van der Waals surface area contributed by atoms with Crippen LogP contribution in [-0.2, 0) is 0 Å². The Morgan fingerprint density at radius 3 is 2.50 bits per heavy atom. The maximum Gasteiger partial charge on any atom is 0.0934 e. The van der Waals surface area contributed by atoms with E-state index in [2.05, 4.69) is 45.2 Å². The molecule has 1 rings (SSSR count). The highest BCUT2D eigenvalue weighted by atomic mass is 35.5. The summed E-state index contributed by atoms with van der Waals surface area (Å²) >= 11 is 7.55. The Morgan fingerprint density at radius 1 is 1.38 bits per heavy atom. The molecule has 0 aliphatic rings. The summed E-state index contributed by atoms with van der Waals surface area (Å²) < 4.78 is 0.853. The quantitative estimate of drug-likeness (QED) is 0.822. The highest BCUT2D eigenvalue weighted by Crippen LogP contribution is 2.25. The van der Waals surface area contributed by atoms with Crippen molar-refractivity contribution in [2.45, 2.75) is 33.7 Å². The number of hydrogen-bond donors (Lipinski definition) is 1. The summed E-state index contributed by atoms with van der Waals surface area (Å²) in [6.07, 6.45) is 2.25. The van der Waals surface area contributed by atoms with Crippen LogP contribution in [0.2, 0.25) is 4.34 Å². The van der Waals surface area contributed by atoms with Crippen molar-refractivity contribution in [3.8, 4) is 0 Å². The van der Waals surface area contributed by atoms with Gasteiger partial charge in [0, 0.05) is 17.5 Å². The van der Waals surface area contributed by atoms with Crippen molar-refractivity contribution in [1.29, 1.82) is 0 Å². The van der Waals surface area contributed by atoms with E-state index in [-0.39, 0.29) is 0 Å². The predicted molar refractivity (Wildman–Crippen MR) is 75.3 cm³/mol. The van der Waals surface area contributed by atoms with Gasteiger partial charge in [-0.15, -0.1) is 11.3 Å². The van der Waals surface area contributed by atoms with Crippen molar-refractivity contribution in [3.05, 3.63) is 26.9 Å². The predicted octanol–water partition coefficient (Wildman–Crippen LogP) is 4.44. The van der Waals surface area contributed by atoms with Gasteiger partial charge < -0.3 is 5.32 Å². The summed E-state index contributed by atoms with van der Waals surface area (Å²) in [6, 6.07) is 4.55. The van der Waals surface area contributed by atoms with E-state index < -0.39 is 0 Å². The van der Waals surface area contributed by atoms with Gasteiger partial charge in [0.2, 0.25) is 0 Å². The molecule has 0 saturated carbocycles. The van der Waals surface area contributed by atoms with E-state index in [1.54, 1.807) is 11.3 Å². The second-order valence-electron chi connectivity index (χ2n) is 4.55. The molecule has 0 amide bonds. The first-order valence-electron chi connectivity index (χ1n) is 5.68. The van der Waals surface area contributed by atoms with Gasteiger partial charge in [0.25, 0.3) is 0 Å². The van der Waals surface area contributed by atoms with E-state index in [1.165, 1.54) is 10.5 Å². The van der Waals surface area contributed by atoms with Gasteiger partial charge in [-0.2, -0.15) is 0 Å². The van der Waals surface area contributed by atoms with Crippen molar-refractivity contribution >= 4 is 29.0 Å². The Balaban J connectivity index is 2.73. The second kappa shape index (κ2) is 6.43.